The molecule has 0 saturated heterocycles. The highest BCUT2D eigenvalue weighted by molar-refractivity contribution is 4.89. The number of hydrogen-bond donors (Lipinski definition) is 1. The molecule has 0 fully saturated rings. The number of aliphatic hydroxyl groups excluding tert-OH is 1. The molecule has 0 aliphatic carbocycles. The average molecular weight is 155 g/mol. The summed E-state index contributed by atoms with van der Waals surface area (Å²) in [5.74, 6) is 0. The van der Waals surface area contributed by atoms with Crippen molar-refractivity contribution in [1.82, 2.24) is 15.0 Å². The molecule has 0 saturated carbocycles. The molecule has 1 rings (SSSR count). The van der Waals surface area contributed by atoms with E-state index in [0.717, 1.165) is 6.42 Å². The topological polar surface area (TPSA) is 50.9 Å². The zero-order valence-corrected chi connectivity index (χ0v) is 6.86. The highest BCUT2D eigenvalue weighted by Gasteiger charge is 2.03. The third kappa shape index (κ3) is 1.77. The number of hydrogen-bond acceptors (Lipinski definition) is 3. The van der Waals surface area contributed by atoms with Gasteiger partial charge in [0, 0.05) is 0 Å². The Morgan fingerprint density at radius 2 is 2.45 bits per heavy atom. The summed E-state index contributed by atoms with van der Waals surface area (Å²) in [5.41, 5.74) is 0.630. The number of aliphatic hydroxyl groups is 1. The van der Waals surface area contributed by atoms with E-state index in [2.05, 4.69) is 24.2 Å². The summed E-state index contributed by atoms with van der Waals surface area (Å²) in [6.07, 6.45) is 2.79. The van der Waals surface area contributed by atoms with Crippen LogP contribution in [0.3, 0.4) is 0 Å². The normalized spacial score (nSPS) is 13.4. The van der Waals surface area contributed by atoms with E-state index in [0.29, 0.717) is 11.7 Å². The molecular formula is C7H13N3O. The van der Waals surface area contributed by atoms with Crippen LogP contribution in [0, 0.1) is 0 Å². The van der Waals surface area contributed by atoms with Gasteiger partial charge in [0.05, 0.1) is 18.8 Å². The maximum absolute atomic E-state index is 8.69. The van der Waals surface area contributed by atoms with Gasteiger partial charge in [-0.05, 0) is 13.3 Å². The van der Waals surface area contributed by atoms with Crippen molar-refractivity contribution >= 4 is 0 Å². The van der Waals surface area contributed by atoms with Crippen molar-refractivity contribution in [3.63, 3.8) is 0 Å². The van der Waals surface area contributed by atoms with Gasteiger partial charge in [-0.3, -0.25) is 0 Å². The van der Waals surface area contributed by atoms with E-state index >= 15 is 0 Å². The molecule has 4 heteroatoms. The molecule has 1 N–H and O–H groups in total. The summed E-state index contributed by atoms with van der Waals surface area (Å²) < 4.78 is 1.77. The first-order valence-electron chi connectivity index (χ1n) is 3.79. The van der Waals surface area contributed by atoms with Crippen LogP contribution >= 0.6 is 0 Å². The predicted molar refractivity (Wildman–Crippen MR) is 40.9 cm³/mol. The molecule has 0 spiro atoms. The Morgan fingerprint density at radius 1 is 1.73 bits per heavy atom. The van der Waals surface area contributed by atoms with Crippen LogP contribution in [0.15, 0.2) is 6.20 Å². The number of aromatic nitrogens is 3. The van der Waals surface area contributed by atoms with Crippen molar-refractivity contribution in [3.05, 3.63) is 11.9 Å². The van der Waals surface area contributed by atoms with Gasteiger partial charge in [-0.15, -0.1) is 5.10 Å². The minimum absolute atomic E-state index is 0.0313. The Bertz CT molecular complexity index is 221. The van der Waals surface area contributed by atoms with E-state index in [4.69, 9.17) is 5.11 Å². The second kappa shape index (κ2) is 3.48. The molecule has 1 aromatic rings. The first-order valence-corrected chi connectivity index (χ1v) is 3.79. The van der Waals surface area contributed by atoms with Gasteiger partial charge in [-0.2, -0.15) is 0 Å². The maximum Gasteiger partial charge on any atom is 0.108 e. The standard InChI is InChI=1S/C7H13N3O/c1-3-6(2)10-4-7(5-11)8-9-10/h4,6,11H,3,5H2,1-2H3. The highest BCUT2D eigenvalue weighted by Crippen LogP contribution is 2.07. The van der Waals surface area contributed by atoms with Crippen molar-refractivity contribution in [2.75, 3.05) is 0 Å². The van der Waals surface area contributed by atoms with Gasteiger partial charge in [0.25, 0.3) is 0 Å². The zero-order valence-electron chi connectivity index (χ0n) is 6.86. The lowest BCUT2D eigenvalue weighted by molar-refractivity contribution is 0.276. The van der Waals surface area contributed by atoms with Crippen LogP contribution < -0.4 is 0 Å². The van der Waals surface area contributed by atoms with Crippen molar-refractivity contribution in [2.24, 2.45) is 0 Å². The maximum atomic E-state index is 8.69. The van der Waals surface area contributed by atoms with E-state index in [-0.39, 0.29) is 6.61 Å². The fourth-order valence-corrected chi connectivity index (χ4v) is 0.788. The summed E-state index contributed by atoms with van der Waals surface area (Å²) in [5, 5.41) is 16.3. The Kier molecular flexibility index (Phi) is 2.59. The van der Waals surface area contributed by atoms with Gasteiger partial charge in [0.15, 0.2) is 0 Å². The van der Waals surface area contributed by atoms with Crippen molar-refractivity contribution in [3.8, 4) is 0 Å². The smallest absolute Gasteiger partial charge is 0.108 e. The Hall–Kier alpha value is -0.900. The molecule has 1 aromatic heterocycles. The zero-order chi connectivity index (χ0) is 8.27. The van der Waals surface area contributed by atoms with Crippen molar-refractivity contribution in [2.45, 2.75) is 32.9 Å². The third-order valence-electron chi connectivity index (χ3n) is 1.76. The van der Waals surface area contributed by atoms with E-state index < -0.39 is 0 Å². The molecule has 62 valence electrons. The third-order valence-corrected chi connectivity index (χ3v) is 1.76. The SMILES string of the molecule is CCC(C)n1cc(CO)nn1. The monoisotopic (exact) mass is 155 g/mol. The largest absolute Gasteiger partial charge is 0.390 e. The predicted octanol–water partition coefficient (Wildman–Crippen LogP) is 0.741. The Balaban J connectivity index is 2.71. The molecule has 0 aliphatic rings. The van der Waals surface area contributed by atoms with Gasteiger partial charge in [0.1, 0.15) is 5.69 Å². The van der Waals surface area contributed by atoms with Crippen molar-refractivity contribution < 1.29 is 5.11 Å². The quantitative estimate of drug-likeness (QED) is 0.700. The lowest BCUT2D eigenvalue weighted by Crippen LogP contribution is -2.03. The second-order valence-electron chi connectivity index (χ2n) is 2.61. The molecule has 1 unspecified atom stereocenters. The number of rotatable bonds is 3. The first-order chi connectivity index (χ1) is 5.27. The van der Waals surface area contributed by atoms with Crippen LogP contribution in [-0.4, -0.2) is 20.1 Å². The molecule has 0 aromatic carbocycles. The van der Waals surface area contributed by atoms with Crippen LogP contribution in [0.4, 0.5) is 0 Å². The Labute approximate surface area is 65.8 Å². The summed E-state index contributed by atoms with van der Waals surface area (Å²) in [7, 11) is 0. The van der Waals surface area contributed by atoms with Gasteiger partial charge < -0.3 is 5.11 Å². The van der Waals surface area contributed by atoms with Crippen LogP contribution in [0.2, 0.25) is 0 Å². The van der Waals surface area contributed by atoms with E-state index in [9.17, 15) is 0 Å². The summed E-state index contributed by atoms with van der Waals surface area (Å²) in [6, 6.07) is 0.364. The summed E-state index contributed by atoms with van der Waals surface area (Å²) >= 11 is 0. The Morgan fingerprint density at radius 3 is 2.91 bits per heavy atom. The fraction of sp³-hybridized carbons (Fsp3) is 0.714. The molecule has 1 heterocycles. The molecule has 0 aliphatic heterocycles. The fourth-order valence-electron chi connectivity index (χ4n) is 0.788. The average Bonchev–Trinajstić information content (AvgIpc) is 2.50. The highest BCUT2D eigenvalue weighted by atomic mass is 16.3. The minimum Gasteiger partial charge on any atom is -0.390 e. The molecular weight excluding hydrogens is 142 g/mol. The molecule has 0 radical (unpaired) electrons. The van der Waals surface area contributed by atoms with E-state index in [1.807, 2.05) is 0 Å². The lowest BCUT2D eigenvalue weighted by atomic mass is 10.3. The van der Waals surface area contributed by atoms with Crippen LogP contribution in [0.25, 0.3) is 0 Å². The minimum atomic E-state index is -0.0313. The van der Waals surface area contributed by atoms with Crippen LogP contribution in [-0.2, 0) is 6.61 Å². The van der Waals surface area contributed by atoms with E-state index in [1.54, 1.807) is 10.9 Å². The molecule has 1 atom stereocenters. The lowest BCUT2D eigenvalue weighted by Gasteiger charge is -2.05. The number of nitrogens with zero attached hydrogens (tertiary/aromatic N) is 3. The van der Waals surface area contributed by atoms with Gasteiger partial charge in [0.2, 0.25) is 0 Å². The first kappa shape index (κ1) is 8.20. The molecule has 11 heavy (non-hydrogen) atoms. The molecule has 4 nitrogen and oxygen atoms in total. The summed E-state index contributed by atoms with van der Waals surface area (Å²) in [6.45, 7) is 4.12. The molecule has 0 amide bonds. The van der Waals surface area contributed by atoms with Gasteiger partial charge in [-0.1, -0.05) is 12.1 Å². The van der Waals surface area contributed by atoms with E-state index in [1.165, 1.54) is 0 Å². The van der Waals surface area contributed by atoms with Crippen LogP contribution in [0.1, 0.15) is 32.0 Å². The van der Waals surface area contributed by atoms with Crippen LogP contribution in [0.5, 0.6) is 0 Å². The molecule has 0 bridgehead atoms. The second-order valence-corrected chi connectivity index (χ2v) is 2.61. The van der Waals surface area contributed by atoms with Gasteiger partial charge in [-0.25, -0.2) is 4.68 Å². The van der Waals surface area contributed by atoms with Gasteiger partial charge >= 0.3 is 0 Å². The summed E-state index contributed by atoms with van der Waals surface area (Å²) in [4.78, 5) is 0. The van der Waals surface area contributed by atoms with Crippen molar-refractivity contribution in [1.29, 1.82) is 0 Å².